The van der Waals surface area contributed by atoms with Gasteiger partial charge >= 0.3 is 0 Å². The average molecular weight is 647 g/mol. The minimum Gasteiger partial charge on any atom is -0.350 e. The largest absolute Gasteiger partial charge is 0.350 e. The van der Waals surface area contributed by atoms with Crippen LogP contribution >= 0.6 is 23.2 Å². The molecule has 0 aliphatic heterocycles. The van der Waals surface area contributed by atoms with E-state index in [1.807, 2.05) is 70.2 Å². The standard InChI is InChI=1S/C33H41Cl2N3O4S/c1-6-24-14-17-27(18-15-24)38(43(5,41)42)20-10-13-31(39)37(23-26-16-19-28(34)29(35)21-26)30(32(40)36-33(2,3)4)22-25-11-8-7-9-12-25/h7-9,11-12,14-19,21,30H,6,10,13,20,22-23H2,1-5H3,(H,36,40)/t30-/m0/s1. The Bertz CT molecular complexity index is 1490. The highest BCUT2D eigenvalue weighted by Gasteiger charge is 2.32. The highest BCUT2D eigenvalue weighted by atomic mass is 35.5. The molecule has 3 rings (SSSR count). The minimum absolute atomic E-state index is 0.0362. The van der Waals surface area contributed by atoms with Crippen molar-refractivity contribution in [2.75, 3.05) is 17.1 Å². The monoisotopic (exact) mass is 645 g/mol. The number of hydrogen-bond donors (Lipinski definition) is 1. The van der Waals surface area contributed by atoms with Crippen LogP contribution in [0, 0.1) is 0 Å². The van der Waals surface area contributed by atoms with Gasteiger partial charge in [0.2, 0.25) is 21.8 Å². The fourth-order valence-electron chi connectivity index (χ4n) is 4.74. The van der Waals surface area contributed by atoms with Gasteiger partial charge in [0, 0.05) is 31.5 Å². The van der Waals surface area contributed by atoms with Crippen molar-refractivity contribution in [3.05, 3.63) is 99.5 Å². The summed E-state index contributed by atoms with van der Waals surface area (Å²) in [5.74, 6) is -0.551. The number of nitrogens with zero attached hydrogens (tertiary/aromatic N) is 2. The van der Waals surface area contributed by atoms with Crippen LogP contribution in [-0.2, 0) is 39.0 Å². The number of benzene rings is 3. The van der Waals surface area contributed by atoms with Crippen LogP contribution < -0.4 is 9.62 Å². The van der Waals surface area contributed by atoms with Crippen LogP contribution in [0.3, 0.4) is 0 Å². The van der Waals surface area contributed by atoms with Crippen molar-refractivity contribution in [1.29, 1.82) is 0 Å². The Morgan fingerprint density at radius 2 is 1.51 bits per heavy atom. The van der Waals surface area contributed by atoms with Gasteiger partial charge in [0.25, 0.3) is 0 Å². The first-order valence-electron chi connectivity index (χ1n) is 14.3. The molecular formula is C33H41Cl2N3O4S. The number of carbonyl (C=O) groups is 2. The molecule has 0 unspecified atom stereocenters. The Kier molecular flexibility index (Phi) is 12.1. The third-order valence-electron chi connectivity index (χ3n) is 6.89. The molecule has 0 aliphatic carbocycles. The summed E-state index contributed by atoms with van der Waals surface area (Å²) in [7, 11) is -3.59. The molecule has 0 radical (unpaired) electrons. The SMILES string of the molecule is CCc1ccc(N(CCCC(=O)N(Cc2ccc(Cl)c(Cl)c2)[C@@H](Cc2ccccc2)C(=O)NC(C)(C)C)S(C)(=O)=O)cc1. The second kappa shape index (κ2) is 15.1. The summed E-state index contributed by atoms with van der Waals surface area (Å²) in [5.41, 5.74) is 2.75. The predicted octanol–water partition coefficient (Wildman–Crippen LogP) is 6.66. The zero-order chi connectivity index (χ0) is 31.8. The van der Waals surface area contributed by atoms with Gasteiger partial charge in [-0.3, -0.25) is 13.9 Å². The molecule has 2 amide bonds. The molecule has 0 aliphatic rings. The highest BCUT2D eigenvalue weighted by Crippen LogP contribution is 2.25. The Morgan fingerprint density at radius 1 is 0.884 bits per heavy atom. The summed E-state index contributed by atoms with van der Waals surface area (Å²) in [6.07, 6.45) is 2.60. The lowest BCUT2D eigenvalue weighted by molar-refractivity contribution is -0.142. The van der Waals surface area contributed by atoms with Crippen molar-refractivity contribution in [3.63, 3.8) is 0 Å². The summed E-state index contributed by atoms with van der Waals surface area (Å²) < 4.78 is 26.7. The van der Waals surface area contributed by atoms with Crippen molar-refractivity contribution >= 4 is 50.7 Å². The number of halogens is 2. The Morgan fingerprint density at radius 3 is 2.07 bits per heavy atom. The number of aryl methyl sites for hydroxylation is 1. The fraction of sp³-hybridized carbons (Fsp3) is 0.394. The maximum atomic E-state index is 14.0. The molecule has 7 nitrogen and oxygen atoms in total. The molecule has 3 aromatic rings. The fourth-order valence-corrected chi connectivity index (χ4v) is 6.03. The van der Waals surface area contributed by atoms with Crippen molar-refractivity contribution in [2.24, 2.45) is 0 Å². The van der Waals surface area contributed by atoms with Crippen LogP contribution in [-0.4, -0.2) is 49.5 Å². The van der Waals surface area contributed by atoms with Gasteiger partial charge in [0.15, 0.2) is 0 Å². The summed E-state index contributed by atoms with van der Waals surface area (Å²) >= 11 is 12.4. The van der Waals surface area contributed by atoms with E-state index < -0.39 is 21.6 Å². The number of amides is 2. The van der Waals surface area contributed by atoms with Crippen LogP contribution in [0.4, 0.5) is 5.69 Å². The molecule has 3 aromatic carbocycles. The molecular weight excluding hydrogens is 605 g/mol. The molecule has 1 atom stereocenters. The number of anilines is 1. The second-order valence-corrected chi connectivity index (χ2v) is 14.4. The summed E-state index contributed by atoms with van der Waals surface area (Å²) in [6.45, 7) is 7.95. The Labute approximate surface area is 266 Å². The third-order valence-corrected chi connectivity index (χ3v) is 8.82. The van der Waals surface area contributed by atoms with E-state index >= 15 is 0 Å². The molecule has 43 heavy (non-hydrogen) atoms. The molecule has 0 spiro atoms. The van der Waals surface area contributed by atoms with Crippen molar-refractivity contribution in [3.8, 4) is 0 Å². The van der Waals surface area contributed by atoms with Crippen LogP contribution in [0.15, 0.2) is 72.8 Å². The maximum Gasteiger partial charge on any atom is 0.243 e. The van der Waals surface area contributed by atoms with Crippen molar-refractivity contribution in [2.45, 2.75) is 71.5 Å². The quantitative estimate of drug-likeness (QED) is 0.225. The van der Waals surface area contributed by atoms with Gasteiger partial charge in [-0.15, -0.1) is 0 Å². The van der Waals surface area contributed by atoms with E-state index in [9.17, 15) is 18.0 Å². The molecule has 0 saturated heterocycles. The van der Waals surface area contributed by atoms with E-state index in [0.29, 0.717) is 22.2 Å². The minimum atomic E-state index is -3.59. The van der Waals surface area contributed by atoms with Crippen molar-refractivity contribution in [1.82, 2.24) is 10.2 Å². The van der Waals surface area contributed by atoms with Gasteiger partial charge in [0.05, 0.1) is 22.0 Å². The van der Waals surface area contributed by atoms with Crippen molar-refractivity contribution < 1.29 is 18.0 Å². The first kappa shape index (κ1) is 34.4. The molecule has 10 heteroatoms. The lowest BCUT2D eigenvalue weighted by atomic mass is 10.00. The van der Waals surface area contributed by atoms with Gasteiger partial charge in [-0.25, -0.2) is 8.42 Å². The lowest BCUT2D eigenvalue weighted by Crippen LogP contribution is -2.54. The second-order valence-electron chi connectivity index (χ2n) is 11.7. The van der Waals surface area contributed by atoms with E-state index in [1.165, 1.54) is 4.31 Å². The number of hydrogen-bond acceptors (Lipinski definition) is 4. The lowest BCUT2D eigenvalue weighted by Gasteiger charge is -2.34. The summed E-state index contributed by atoms with van der Waals surface area (Å²) in [6, 6.07) is 21.2. The number of nitrogens with one attached hydrogen (secondary N) is 1. The number of rotatable bonds is 13. The smallest absolute Gasteiger partial charge is 0.243 e. The van der Waals surface area contributed by atoms with Gasteiger partial charge < -0.3 is 10.2 Å². The van der Waals surface area contributed by atoms with Gasteiger partial charge in [-0.2, -0.15) is 0 Å². The average Bonchev–Trinajstić information content (AvgIpc) is 2.94. The molecule has 0 aromatic heterocycles. The summed E-state index contributed by atoms with van der Waals surface area (Å²) in [4.78, 5) is 29.3. The van der Waals surface area contributed by atoms with E-state index in [-0.39, 0.29) is 37.7 Å². The van der Waals surface area contributed by atoms with Crippen LogP contribution in [0.5, 0.6) is 0 Å². The number of carbonyl (C=O) groups excluding carboxylic acids is 2. The molecule has 0 bridgehead atoms. The highest BCUT2D eigenvalue weighted by molar-refractivity contribution is 7.92. The van der Waals surface area contributed by atoms with E-state index in [0.717, 1.165) is 29.4 Å². The van der Waals surface area contributed by atoms with Crippen LogP contribution in [0.25, 0.3) is 0 Å². The molecule has 1 N–H and O–H groups in total. The zero-order valence-electron chi connectivity index (χ0n) is 25.4. The van der Waals surface area contributed by atoms with E-state index in [1.54, 1.807) is 35.2 Å². The zero-order valence-corrected chi connectivity index (χ0v) is 27.8. The van der Waals surface area contributed by atoms with E-state index in [2.05, 4.69) is 5.32 Å². The van der Waals surface area contributed by atoms with Gasteiger partial charge in [-0.1, -0.05) is 78.7 Å². The summed E-state index contributed by atoms with van der Waals surface area (Å²) in [5, 5.41) is 3.78. The first-order chi connectivity index (χ1) is 20.2. The third kappa shape index (κ3) is 10.6. The van der Waals surface area contributed by atoms with Crippen LogP contribution in [0.1, 0.15) is 57.2 Å². The maximum absolute atomic E-state index is 14.0. The molecule has 0 fully saturated rings. The predicted molar refractivity (Wildman–Crippen MR) is 176 cm³/mol. The first-order valence-corrected chi connectivity index (χ1v) is 16.9. The molecule has 232 valence electrons. The van der Waals surface area contributed by atoms with Crippen LogP contribution in [0.2, 0.25) is 10.0 Å². The van der Waals surface area contributed by atoms with E-state index in [4.69, 9.17) is 23.2 Å². The van der Waals surface area contributed by atoms with Gasteiger partial charge in [0.1, 0.15) is 6.04 Å². The normalized spacial score (nSPS) is 12.4. The Hall–Kier alpha value is -3.07. The topological polar surface area (TPSA) is 86.8 Å². The number of sulfonamides is 1. The molecule has 0 saturated carbocycles. The molecule has 0 heterocycles. The Balaban J connectivity index is 1.91. The van der Waals surface area contributed by atoms with Gasteiger partial charge in [-0.05, 0) is 74.6 Å².